The standard InChI is InChI=1S/C14H20ClNO2/c1-10(2)14(18)13(9-16-7-8-17)11-3-5-12(15)6-4-11/h3-6,10,13,16-17H,7-9H2,1-2H3. The van der Waals surface area contributed by atoms with Crippen LogP contribution >= 0.6 is 11.6 Å². The molecule has 1 aromatic rings. The van der Waals surface area contributed by atoms with Crippen LogP contribution in [-0.4, -0.2) is 30.6 Å². The number of ketones is 1. The zero-order valence-corrected chi connectivity index (χ0v) is 11.6. The second kappa shape index (κ2) is 7.52. The zero-order valence-electron chi connectivity index (χ0n) is 10.8. The highest BCUT2D eigenvalue weighted by atomic mass is 35.5. The lowest BCUT2D eigenvalue weighted by atomic mass is 9.89. The van der Waals surface area contributed by atoms with Crippen LogP contribution in [0, 0.1) is 5.92 Å². The van der Waals surface area contributed by atoms with E-state index in [1.165, 1.54) is 0 Å². The summed E-state index contributed by atoms with van der Waals surface area (Å²) in [6.45, 7) is 4.91. The van der Waals surface area contributed by atoms with E-state index in [1.54, 1.807) is 12.1 Å². The van der Waals surface area contributed by atoms with Gasteiger partial charge in [0.2, 0.25) is 0 Å². The van der Waals surface area contributed by atoms with Crippen molar-refractivity contribution in [3.8, 4) is 0 Å². The third-order valence-corrected chi connectivity index (χ3v) is 3.07. The van der Waals surface area contributed by atoms with Crippen LogP contribution in [0.2, 0.25) is 5.02 Å². The number of halogens is 1. The number of carbonyl (C=O) groups is 1. The van der Waals surface area contributed by atoms with E-state index in [4.69, 9.17) is 16.7 Å². The van der Waals surface area contributed by atoms with E-state index in [2.05, 4.69) is 5.32 Å². The van der Waals surface area contributed by atoms with E-state index >= 15 is 0 Å². The van der Waals surface area contributed by atoms with E-state index in [1.807, 2.05) is 26.0 Å². The quantitative estimate of drug-likeness (QED) is 0.747. The molecule has 0 saturated carbocycles. The predicted octanol–water partition coefficient (Wildman–Crippen LogP) is 2.23. The van der Waals surface area contributed by atoms with Gasteiger partial charge in [-0.25, -0.2) is 0 Å². The van der Waals surface area contributed by atoms with Gasteiger partial charge in [0, 0.05) is 24.0 Å². The second-order valence-corrected chi connectivity index (χ2v) is 5.03. The SMILES string of the molecule is CC(C)C(=O)C(CNCCO)c1ccc(Cl)cc1. The molecule has 0 aliphatic carbocycles. The molecule has 0 spiro atoms. The summed E-state index contributed by atoms with van der Waals surface area (Å²) in [5.74, 6) is -0.00168. The number of hydrogen-bond acceptors (Lipinski definition) is 3. The first-order valence-corrected chi connectivity index (χ1v) is 6.54. The minimum Gasteiger partial charge on any atom is -0.395 e. The van der Waals surface area contributed by atoms with Crippen molar-refractivity contribution < 1.29 is 9.90 Å². The highest BCUT2D eigenvalue weighted by Crippen LogP contribution is 2.21. The van der Waals surface area contributed by atoms with Gasteiger partial charge in [-0.15, -0.1) is 0 Å². The van der Waals surface area contributed by atoms with Crippen molar-refractivity contribution in [2.45, 2.75) is 19.8 Å². The molecule has 100 valence electrons. The Hall–Kier alpha value is -0.900. The van der Waals surface area contributed by atoms with Crippen LogP contribution in [0.15, 0.2) is 24.3 Å². The average Bonchev–Trinajstić information content (AvgIpc) is 2.35. The summed E-state index contributed by atoms with van der Waals surface area (Å²) in [5.41, 5.74) is 0.962. The van der Waals surface area contributed by atoms with Gasteiger partial charge in [-0.05, 0) is 17.7 Å². The van der Waals surface area contributed by atoms with Gasteiger partial charge in [0.05, 0.1) is 12.5 Å². The number of carbonyl (C=O) groups excluding carboxylic acids is 1. The number of benzene rings is 1. The number of rotatable bonds is 7. The molecule has 0 fully saturated rings. The van der Waals surface area contributed by atoms with Crippen molar-refractivity contribution in [2.24, 2.45) is 5.92 Å². The van der Waals surface area contributed by atoms with Crippen molar-refractivity contribution in [1.29, 1.82) is 0 Å². The lowest BCUT2D eigenvalue weighted by molar-refractivity contribution is -0.123. The summed E-state index contributed by atoms with van der Waals surface area (Å²) in [7, 11) is 0. The van der Waals surface area contributed by atoms with Crippen molar-refractivity contribution >= 4 is 17.4 Å². The predicted molar refractivity (Wildman–Crippen MR) is 74.0 cm³/mol. The molecule has 4 heteroatoms. The molecule has 0 aliphatic rings. The van der Waals surface area contributed by atoms with Crippen LogP contribution in [0.5, 0.6) is 0 Å². The largest absolute Gasteiger partial charge is 0.395 e. The van der Waals surface area contributed by atoms with E-state index in [-0.39, 0.29) is 24.2 Å². The smallest absolute Gasteiger partial charge is 0.144 e. The monoisotopic (exact) mass is 269 g/mol. The molecule has 1 unspecified atom stereocenters. The highest BCUT2D eigenvalue weighted by Gasteiger charge is 2.22. The van der Waals surface area contributed by atoms with Crippen LogP contribution in [0.3, 0.4) is 0 Å². The van der Waals surface area contributed by atoms with Gasteiger partial charge in [-0.2, -0.15) is 0 Å². The summed E-state index contributed by atoms with van der Waals surface area (Å²) in [6, 6.07) is 7.36. The first kappa shape index (κ1) is 15.2. The van der Waals surface area contributed by atoms with Gasteiger partial charge in [0.25, 0.3) is 0 Å². The number of Topliss-reactive ketones (excluding diaryl/α,β-unsaturated/α-hetero) is 1. The number of aliphatic hydroxyl groups excluding tert-OH is 1. The summed E-state index contributed by atoms with van der Waals surface area (Å²) in [5, 5.41) is 12.5. The van der Waals surface area contributed by atoms with E-state index < -0.39 is 0 Å². The Bertz CT molecular complexity index is 376. The molecule has 0 amide bonds. The Morgan fingerprint density at radius 2 is 1.94 bits per heavy atom. The van der Waals surface area contributed by atoms with Crippen molar-refractivity contribution in [1.82, 2.24) is 5.32 Å². The van der Waals surface area contributed by atoms with E-state index in [0.717, 1.165) is 5.56 Å². The summed E-state index contributed by atoms with van der Waals surface area (Å²) in [4.78, 5) is 12.2. The minimum atomic E-state index is -0.186. The first-order chi connectivity index (χ1) is 8.56. The van der Waals surface area contributed by atoms with Crippen molar-refractivity contribution in [2.75, 3.05) is 19.7 Å². The van der Waals surface area contributed by atoms with Gasteiger partial charge in [-0.1, -0.05) is 37.6 Å². The Morgan fingerprint density at radius 3 is 2.44 bits per heavy atom. The maximum atomic E-state index is 12.2. The second-order valence-electron chi connectivity index (χ2n) is 4.59. The Labute approximate surface area is 113 Å². The molecule has 0 radical (unpaired) electrons. The molecule has 0 bridgehead atoms. The molecule has 0 saturated heterocycles. The normalized spacial score (nSPS) is 12.7. The van der Waals surface area contributed by atoms with Gasteiger partial charge in [-0.3, -0.25) is 4.79 Å². The molecule has 3 nitrogen and oxygen atoms in total. The van der Waals surface area contributed by atoms with Crippen LogP contribution in [0.25, 0.3) is 0 Å². The average molecular weight is 270 g/mol. The molecule has 1 aromatic carbocycles. The maximum absolute atomic E-state index is 12.2. The van der Waals surface area contributed by atoms with Crippen LogP contribution in [0.1, 0.15) is 25.3 Å². The Morgan fingerprint density at radius 1 is 1.33 bits per heavy atom. The fraction of sp³-hybridized carbons (Fsp3) is 0.500. The lowest BCUT2D eigenvalue weighted by Crippen LogP contribution is -2.31. The molecule has 0 aliphatic heterocycles. The summed E-state index contributed by atoms with van der Waals surface area (Å²) >= 11 is 5.85. The van der Waals surface area contributed by atoms with Gasteiger partial charge >= 0.3 is 0 Å². The molecule has 1 atom stereocenters. The number of nitrogens with one attached hydrogen (secondary N) is 1. The van der Waals surface area contributed by atoms with E-state index in [0.29, 0.717) is 18.1 Å². The fourth-order valence-corrected chi connectivity index (χ4v) is 1.93. The molecular formula is C14H20ClNO2. The molecule has 0 heterocycles. The summed E-state index contributed by atoms with van der Waals surface area (Å²) < 4.78 is 0. The van der Waals surface area contributed by atoms with Crippen molar-refractivity contribution in [3.05, 3.63) is 34.9 Å². The minimum absolute atomic E-state index is 0.0124. The third-order valence-electron chi connectivity index (χ3n) is 2.82. The van der Waals surface area contributed by atoms with Crippen LogP contribution in [-0.2, 0) is 4.79 Å². The molecule has 2 N–H and O–H groups in total. The zero-order chi connectivity index (χ0) is 13.5. The van der Waals surface area contributed by atoms with E-state index in [9.17, 15) is 4.79 Å². The molecule has 1 rings (SSSR count). The maximum Gasteiger partial charge on any atom is 0.144 e. The molecule has 0 aromatic heterocycles. The molecular weight excluding hydrogens is 250 g/mol. The highest BCUT2D eigenvalue weighted by molar-refractivity contribution is 6.30. The Kier molecular flexibility index (Phi) is 6.33. The Balaban J connectivity index is 2.82. The number of aliphatic hydroxyl groups is 1. The van der Waals surface area contributed by atoms with Gasteiger partial charge in [0.1, 0.15) is 5.78 Å². The molecule has 18 heavy (non-hydrogen) atoms. The summed E-state index contributed by atoms with van der Waals surface area (Å²) in [6.07, 6.45) is 0. The van der Waals surface area contributed by atoms with Gasteiger partial charge in [0.15, 0.2) is 0 Å². The lowest BCUT2D eigenvalue weighted by Gasteiger charge is -2.19. The number of hydrogen-bond donors (Lipinski definition) is 2. The third kappa shape index (κ3) is 4.41. The fourth-order valence-electron chi connectivity index (χ4n) is 1.81. The van der Waals surface area contributed by atoms with Gasteiger partial charge < -0.3 is 10.4 Å². The topological polar surface area (TPSA) is 49.3 Å². The van der Waals surface area contributed by atoms with Crippen LogP contribution < -0.4 is 5.32 Å². The van der Waals surface area contributed by atoms with Crippen LogP contribution in [0.4, 0.5) is 0 Å². The van der Waals surface area contributed by atoms with Crippen molar-refractivity contribution in [3.63, 3.8) is 0 Å². The first-order valence-electron chi connectivity index (χ1n) is 6.17.